The average molecular weight is 358 g/mol. The monoisotopic (exact) mass is 358 g/mol. The van der Waals surface area contributed by atoms with E-state index >= 15 is 0 Å². The number of hydrogen-bond donors (Lipinski definition) is 1. The molecule has 1 N–H and O–H groups in total. The van der Waals surface area contributed by atoms with Gasteiger partial charge in [-0.3, -0.25) is 10.1 Å². The van der Waals surface area contributed by atoms with Crippen molar-refractivity contribution in [1.29, 1.82) is 0 Å². The van der Waals surface area contributed by atoms with Gasteiger partial charge < -0.3 is 9.52 Å². The van der Waals surface area contributed by atoms with E-state index in [0.717, 1.165) is 11.1 Å². The van der Waals surface area contributed by atoms with E-state index in [9.17, 15) is 15.2 Å². The fourth-order valence-corrected chi connectivity index (χ4v) is 2.73. The summed E-state index contributed by atoms with van der Waals surface area (Å²) in [6.07, 6.45) is 3.39. The van der Waals surface area contributed by atoms with Crippen LogP contribution < -0.4 is 0 Å². The fraction of sp³-hybridized carbons (Fsp3) is 0. The zero-order chi connectivity index (χ0) is 18.8. The predicted octanol–water partition coefficient (Wildman–Crippen LogP) is 5.28. The highest BCUT2D eigenvalue weighted by atomic mass is 16.6. The second-order valence-electron chi connectivity index (χ2n) is 5.95. The summed E-state index contributed by atoms with van der Waals surface area (Å²) in [6.45, 7) is 0. The summed E-state index contributed by atoms with van der Waals surface area (Å²) in [6, 6.07) is 19.1. The normalized spacial score (nSPS) is 11.3. The third kappa shape index (κ3) is 3.41. The summed E-state index contributed by atoms with van der Waals surface area (Å²) in [5.41, 5.74) is 3.40. The van der Waals surface area contributed by atoms with E-state index in [1.807, 2.05) is 48.5 Å². The highest BCUT2D eigenvalue weighted by Crippen LogP contribution is 2.27. The Labute approximate surface area is 154 Å². The molecule has 0 radical (unpaired) electrons. The maximum Gasteiger partial charge on any atom is 0.270 e. The fourth-order valence-electron chi connectivity index (χ4n) is 2.73. The van der Waals surface area contributed by atoms with Crippen LogP contribution in [0.5, 0.6) is 5.75 Å². The maximum atomic E-state index is 10.9. The van der Waals surface area contributed by atoms with Gasteiger partial charge >= 0.3 is 0 Å². The highest BCUT2D eigenvalue weighted by molar-refractivity contribution is 5.82. The topological polar surface area (TPSA) is 89.4 Å². The lowest BCUT2D eigenvalue weighted by Gasteiger charge is -1.99. The Morgan fingerprint density at radius 3 is 2.59 bits per heavy atom. The van der Waals surface area contributed by atoms with Gasteiger partial charge in [0.25, 0.3) is 5.69 Å². The first kappa shape index (κ1) is 16.5. The Hall–Kier alpha value is -3.93. The number of phenolic OH excluding ortho intramolecular Hbond substituents is 1. The maximum absolute atomic E-state index is 10.9. The van der Waals surface area contributed by atoms with Gasteiger partial charge in [-0.25, -0.2) is 4.98 Å². The van der Waals surface area contributed by atoms with Crippen molar-refractivity contribution < 1.29 is 14.4 Å². The first-order chi connectivity index (χ1) is 13.1. The van der Waals surface area contributed by atoms with Crippen LogP contribution in [0.1, 0.15) is 11.1 Å². The van der Waals surface area contributed by atoms with E-state index in [4.69, 9.17) is 4.42 Å². The van der Waals surface area contributed by atoms with Crippen molar-refractivity contribution >= 4 is 28.9 Å². The van der Waals surface area contributed by atoms with E-state index in [0.29, 0.717) is 22.6 Å². The number of hydrogen-bond acceptors (Lipinski definition) is 5. The van der Waals surface area contributed by atoms with Gasteiger partial charge in [-0.1, -0.05) is 36.4 Å². The number of aromatic hydroxyl groups is 1. The Balaban J connectivity index is 1.66. The lowest BCUT2D eigenvalue weighted by molar-refractivity contribution is -0.384. The Kier molecular flexibility index (Phi) is 4.14. The van der Waals surface area contributed by atoms with Crippen LogP contribution in [0, 0.1) is 10.1 Å². The van der Waals surface area contributed by atoms with Gasteiger partial charge in [0, 0.05) is 23.3 Å². The lowest BCUT2D eigenvalue weighted by Crippen LogP contribution is -1.88. The number of phenols is 1. The van der Waals surface area contributed by atoms with Crippen LogP contribution >= 0.6 is 0 Å². The molecule has 0 unspecified atom stereocenters. The van der Waals surface area contributed by atoms with Crippen LogP contribution in [-0.4, -0.2) is 15.0 Å². The molecule has 0 saturated carbocycles. The largest absolute Gasteiger partial charge is 0.507 e. The summed E-state index contributed by atoms with van der Waals surface area (Å²) in [5.74, 6) is 0.522. The number of benzene rings is 3. The number of rotatable bonds is 4. The molecule has 0 aliphatic carbocycles. The smallest absolute Gasteiger partial charge is 0.270 e. The quantitative estimate of drug-likeness (QED) is 0.304. The van der Waals surface area contributed by atoms with Gasteiger partial charge in [-0.05, 0) is 35.9 Å². The Bertz CT molecular complexity index is 1160. The van der Waals surface area contributed by atoms with E-state index in [2.05, 4.69) is 4.98 Å². The zero-order valence-corrected chi connectivity index (χ0v) is 14.1. The SMILES string of the molecule is O=[N+]([O-])c1ccc(O)c(C=Cc2ccc3oc(-c4ccccc4)nc3c2)c1. The number of nitrogens with zero attached hydrogens (tertiary/aromatic N) is 2. The average Bonchev–Trinajstić information content (AvgIpc) is 3.11. The minimum Gasteiger partial charge on any atom is -0.507 e. The summed E-state index contributed by atoms with van der Waals surface area (Å²) < 4.78 is 5.78. The molecular formula is C21H14N2O4. The van der Waals surface area contributed by atoms with Crippen molar-refractivity contribution in [2.24, 2.45) is 0 Å². The van der Waals surface area contributed by atoms with Gasteiger partial charge in [0.2, 0.25) is 5.89 Å². The van der Waals surface area contributed by atoms with Crippen molar-refractivity contribution in [3.8, 4) is 17.2 Å². The predicted molar refractivity (Wildman–Crippen MR) is 103 cm³/mol. The van der Waals surface area contributed by atoms with E-state index in [1.54, 1.807) is 12.2 Å². The van der Waals surface area contributed by atoms with Crippen LogP contribution in [0.2, 0.25) is 0 Å². The van der Waals surface area contributed by atoms with Gasteiger partial charge in [0.1, 0.15) is 11.3 Å². The van der Waals surface area contributed by atoms with Crippen molar-refractivity contribution in [3.05, 3.63) is 88.0 Å². The molecule has 0 aliphatic rings. The first-order valence-corrected chi connectivity index (χ1v) is 8.22. The van der Waals surface area contributed by atoms with Gasteiger partial charge in [0.15, 0.2) is 5.58 Å². The summed E-state index contributed by atoms with van der Waals surface area (Å²) >= 11 is 0. The lowest BCUT2D eigenvalue weighted by atomic mass is 10.1. The standard InChI is InChI=1S/C21H14N2O4/c24-19-10-9-17(23(25)26)13-16(19)8-6-14-7-11-20-18(12-14)22-21(27-20)15-4-2-1-3-5-15/h1-13,24H. The molecule has 0 bridgehead atoms. The Morgan fingerprint density at radius 1 is 1.00 bits per heavy atom. The number of aromatic nitrogens is 1. The van der Waals surface area contributed by atoms with Crippen LogP contribution in [0.25, 0.3) is 34.7 Å². The van der Waals surface area contributed by atoms with Crippen LogP contribution in [0.4, 0.5) is 5.69 Å². The molecule has 0 saturated heterocycles. The van der Waals surface area contributed by atoms with Gasteiger partial charge in [-0.2, -0.15) is 0 Å². The number of fused-ring (bicyclic) bond motifs is 1. The number of nitro groups is 1. The van der Waals surface area contributed by atoms with E-state index in [-0.39, 0.29) is 11.4 Å². The molecule has 1 heterocycles. The van der Waals surface area contributed by atoms with E-state index in [1.165, 1.54) is 18.2 Å². The third-order valence-electron chi connectivity index (χ3n) is 4.11. The highest BCUT2D eigenvalue weighted by Gasteiger charge is 2.09. The number of nitro benzene ring substituents is 1. The van der Waals surface area contributed by atoms with Crippen molar-refractivity contribution in [2.45, 2.75) is 0 Å². The first-order valence-electron chi connectivity index (χ1n) is 8.22. The number of non-ortho nitro benzene ring substituents is 1. The molecule has 1 aromatic heterocycles. The van der Waals surface area contributed by atoms with Crippen molar-refractivity contribution in [2.75, 3.05) is 0 Å². The second kappa shape index (κ2) is 6.76. The van der Waals surface area contributed by atoms with Crippen LogP contribution in [0.15, 0.2) is 71.1 Å². The molecule has 0 aliphatic heterocycles. The molecule has 0 fully saturated rings. The van der Waals surface area contributed by atoms with Gasteiger partial charge in [0.05, 0.1) is 4.92 Å². The molecule has 4 rings (SSSR count). The molecule has 27 heavy (non-hydrogen) atoms. The molecule has 3 aromatic carbocycles. The minimum absolute atomic E-state index is 0.0225. The van der Waals surface area contributed by atoms with Crippen LogP contribution in [0.3, 0.4) is 0 Å². The molecule has 4 aromatic rings. The van der Waals surface area contributed by atoms with Crippen LogP contribution in [-0.2, 0) is 0 Å². The summed E-state index contributed by atoms with van der Waals surface area (Å²) in [4.78, 5) is 14.9. The second-order valence-corrected chi connectivity index (χ2v) is 5.95. The minimum atomic E-state index is -0.497. The molecule has 132 valence electrons. The molecule has 0 amide bonds. The summed E-state index contributed by atoms with van der Waals surface area (Å²) in [5, 5.41) is 20.8. The molecule has 6 heteroatoms. The van der Waals surface area contributed by atoms with Crippen molar-refractivity contribution in [1.82, 2.24) is 4.98 Å². The Morgan fingerprint density at radius 2 is 1.81 bits per heavy atom. The molecule has 6 nitrogen and oxygen atoms in total. The molecular weight excluding hydrogens is 344 g/mol. The number of oxazole rings is 1. The van der Waals surface area contributed by atoms with E-state index < -0.39 is 4.92 Å². The van der Waals surface area contributed by atoms with Gasteiger partial charge in [-0.15, -0.1) is 0 Å². The molecule has 0 atom stereocenters. The van der Waals surface area contributed by atoms with Crippen molar-refractivity contribution in [3.63, 3.8) is 0 Å². The molecule has 0 spiro atoms. The third-order valence-corrected chi connectivity index (χ3v) is 4.11. The summed E-state index contributed by atoms with van der Waals surface area (Å²) in [7, 11) is 0. The zero-order valence-electron chi connectivity index (χ0n) is 14.1.